The number of nitrogens with zero attached hydrogens (tertiary/aromatic N) is 1. The SMILES string of the molecule is O=C(Cc1ccsc1F)C1CCN(Cc2ccccc2)CC1. The van der Waals surface area contributed by atoms with Crippen molar-refractivity contribution in [2.75, 3.05) is 13.1 Å². The summed E-state index contributed by atoms with van der Waals surface area (Å²) in [4.78, 5) is 14.7. The van der Waals surface area contributed by atoms with Crippen molar-refractivity contribution in [2.45, 2.75) is 25.8 Å². The first-order valence-electron chi connectivity index (χ1n) is 7.73. The first-order chi connectivity index (χ1) is 10.7. The molecule has 1 aliphatic rings. The summed E-state index contributed by atoms with van der Waals surface area (Å²) in [5.41, 5.74) is 1.87. The molecule has 0 N–H and O–H groups in total. The van der Waals surface area contributed by atoms with Gasteiger partial charge in [-0.25, -0.2) is 0 Å². The quantitative estimate of drug-likeness (QED) is 0.833. The molecule has 0 aliphatic carbocycles. The summed E-state index contributed by atoms with van der Waals surface area (Å²) in [6.07, 6.45) is 2.02. The zero-order valence-electron chi connectivity index (χ0n) is 12.5. The summed E-state index contributed by atoms with van der Waals surface area (Å²) in [6.45, 7) is 2.83. The van der Waals surface area contributed by atoms with Gasteiger partial charge in [-0.05, 0) is 42.9 Å². The van der Waals surface area contributed by atoms with Crippen LogP contribution in [0.3, 0.4) is 0 Å². The maximum Gasteiger partial charge on any atom is 0.180 e. The van der Waals surface area contributed by atoms with Crippen LogP contribution in [0.25, 0.3) is 0 Å². The van der Waals surface area contributed by atoms with Crippen LogP contribution in [0, 0.1) is 11.0 Å². The average molecular weight is 317 g/mol. The normalized spacial score (nSPS) is 16.8. The van der Waals surface area contributed by atoms with Crippen molar-refractivity contribution in [3.8, 4) is 0 Å². The fourth-order valence-electron chi connectivity index (χ4n) is 3.03. The van der Waals surface area contributed by atoms with E-state index in [0.29, 0.717) is 5.56 Å². The average Bonchev–Trinajstić information content (AvgIpc) is 2.94. The van der Waals surface area contributed by atoms with Crippen LogP contribution in [0.4, 0.5) is 4.39 Å². The number of thiophene rings is 1. The second-order valence-electron chi connectivity index (χ2n) is 5.90. The van der Waals surface area contributed by atoms with Gasteiger partial charge in [0.1, 0.15) is 5.78 Å². The van der Waals surface area contributed by atoms with Crippen molar-refractivity contribution in [3.63, 3.8) is 0 Å². The number of hydrogen-bond donors (Lipinski definition) is 0. The lowest BCUT2D eigenvalue weighted by molar-refractivity contribution is -0.123. The van der Waals surface area contributed by atoms with Crippen LogP contribution in [0.15, 0.2) is 41.8 Å². The molecule has 0 amide bonds. The lowest BCUT2D eigenvalue weighted by Gasteiger charge is -2.31. The Bertz CT molecular complexity index is 617. The second kappa shape index (κ2) is 7.16. The molecular formula is C18H20FNOS. The number of ketones is 1. The number of hydrogen-bond acceptors (Lipinski definition) is 3. The van der Waals surface area contributed by atoms with E-state index in [4.69, 9.17) is 0 Å². The Kier molecular flexibility index (Phi) is 5.01. The molecule has 0 bridgehead atoms. The highest BCUT2D eigenvalue weighted by atomic mass is 32.1. The molecule has 1 aromatic heterocycles. The van der Waals surface area contributed by atoms with E-state index < -0.39 is 0 Å². The minimum Gasteiger partial charge on any atom is -0.299 e. The zero-order chi connectivity index (χ0) is 15.4. The van der Waals surface area contributed by atoms with Crippen LogP contribution in [-0.4, -0.2) is 23.8 Å². The van der Waals surface area contributed by atoms with Gasteiger partial charge in [-0.2, -0.15) is 4.39 Å². The van der Waals surface area contributed by atoms with Gasteiger partial charge >= 0.3 is 0 Å². The second-order valence-corrected chi connectivity index (χ2v) is 6.76. The predicted molar refractivity (Wildman–Crippen MR) is 87.4 cm³/mol. The van der Waals surface area contributed by atoms with Crippen molar-refractivity contribution < 1.29 is 9.18 Å². The van der Waals surface area contributed by atoms with Gasteiger partial charge in [-0.15, -0.1) is 11.3 Å². The molecule has 116 valence electrons. The minimum absolute atomic E-state index is 0.0892. The van der Waals surface area contributed by atoms with E-state index in [1.807, 2.05) is 6.07 Å². The minimum atomic E-state index is -0.213. The number of halogens is 1. The molecule has 2 aromatic rings. The van der Waals surface area contributed by atoms with Gasteiger partial charge in [0.15, 0.2) is 5.13 Å². The van der Waals surface area contributed by atoms with Gasteiger partial charge in [0.05, 0.1) is 0 Å². The van der Waals surface area contributed by atoms with Gasteiger partial charge in [-0.1, -0.05) is 30.3 Å². The van der Waals surface area contributed by atoms with E-state index in [-0.39, 0.29) is 23.3 Å². The molecule has 3 rings (SSSR count). The van der Waals surface area contributed by atoms with Crippen LogP contribution >= 0.6 is 11.3 Å². The fraction of sp³-hybridized carbons (Fsp3) is 0.389. The topological polar surface area (TPSA) is 20.3 Å². The molecular weight excluding hydrogens is 297 g/mol. The highest BCUT2D eigenvalue weighted by molar-refractivity contribution is 7.08. The third-order valence-electron chi connectivity index (χ3n) is 4.35. The van der Waals surface area contributed by atoms with E-state index in [1.165, 1.54) is 5.56 Å². The fourth-order valence-corrected chi connectivity index (χ4v) is 3.68. The smallest absolute Gasteiger partial charge is 0.180 e. The van der Waals surface area contributed by atoms with Crippen LogP contribution in [-0.2, 0) is 17.8 Å². The summed E-state index contributed by atoms with van der Waals surface area (Å²) >= 11 is 1.07. The number of piperidine rings is 1. The van der Waals surface area contributed by atoms with Crippen LogP contribution < -0.4 is 0 Å². The molecule has 4 heteroatoms. The van der Waals surface area contributed by atoms with E-state index >= 15 is 0 Å². The van der Waals surface area contributed by atoms with E-state index in [0.717, 1.165) is 43.8 Å². The molecule has 0 atom stereocenters. The van der Waals surface area contributed by atoms with Crippen molar-refractivity contribution in [3.05, 3.63) is 58.0 Å². The van der Waals surface area contributed by atoms with Gasteiger partial charge < -0.3 is 0 Å². The first kappa shape index (κ1) is 15.4. The third kappa shape index (κ3) is 3.81. The highest BCUT2D eigenvalue weighted by Crippen LogP contribution is 2.23. The van der Waals surface area contributed by atoms with Crippen LogP contribution in [0.1, 0.15) is 24.0 Å². The molecule has 1 aliphatic heterocycles. The molecule has 2 nitrogen and oxygen atoms in total. The summed E-state index contributed by atoms with van der Waals surface area (Å²) in [7, 11) is 0. The monoisotopic (exact) mass is 317 g/mol. The Hall–Kier alpha value is -1.52. The molecule has 0 saturated carbocycles. The van der Waals surface area contributed by atoms with Crippen molar-refractivity contribution >= 4 is 17.1 Å². The van der Waals surface area contributed by atoms with Gasteiger partial charge in [0.2, 0.25) is 0 Å². The summed E-state index contributed by atoms with van der Waals surface area (Å²) in [5, 5.41) is 1.50. The number of rotatable bonds is 5. The summed E-state index contributed by atoms with van der Waals surface area (Å²) in [5.74, 6) is 0.281. The number of benzene rings is 1. The lowest BCUT2D eigenvalue weighted by atomic mass is 9.89. The van der Waals surface area contributed by atoms with Gasteiger partial charge in [-0.3, -0.25) is 9.69 Å². The molecule has 2 heterocycles. The molecule has 1 saturated heterocycles. The Morgan fingerprint density at radius 2 is 1.91 bits per heavy atom. The van der Waals surface area contributed by atoms with Crippen molar-refractivity contribution in [1.29, 1.82) is 0 Å². The van der Waals surface area contributed by atoms with Crippen molar-refractivity contribution in [2.24, 2.45) is 5.92 Å². The molecule has 0 unspecified atom stereocenters. The third-order valence-corrected chi connectivity index (χ3v) is 5.09. The predicted octanol–water partition coefficient (Wildman–Crippen LogP) is 3.91. The Morgan fingerprint density at radius 3 is 2.55 bits per heavy atom. The molecule has 1 aromatic carbocycles. The van der Waals surface area contributed by atoms with E-state index in [2.05, 4.69) is 29.2 Å². The van der Waals surface area contributed by atoms with Gasteiger partial charge in [0.25, 0.3) is 0 Å². The van der Waals surface area contributed by atoms with Crippen LogP contribution in [0.5, 0.6) is 0 Å². The first-order valence-corrected chi connectivity index (χ1v) is 8.61. The molecule has 22 heavy (non-hydrogen) atoms. The van der Waals surface area contributed by atoms with Crippen molar-refractivity contribution in [1.82, 2.24) is 4.90 Å². The van der Waals surface area contributed by atoms with Crippen LogP contribution in [0.2, 0.25) is 0 Å². The highest BCUT2D eigenvalue weighted by Gasteiger charge is 2.25. The Balaban J connectivity index is 1.49. The largest absolute Gasteiger partial charge is 0.299 e. The lowest BCUT2D eigenvalue weighted by Crippen LogP contribution is -2.36. The number of carbonyl (C=O) groups excluding carboxylic acids is 1. The summed E-state index contributed by atoms with van der Waals surface area (Å²) < 4.78 is 13.4. The molecule has 1 fully saturated rings. The van der Waals surface area contributed by atoms with Gasteiger partial charge in [0, 0.05) is 24.4 Å². The standard InChI is InChI=1S/C18H20FNOS/c19-18-16(8-11-22-18)12-17(21)15-6-9-20(10-7-15)13-14-4-2-1-3-5-14/h1-5,8,11,15H,6-7,9-10,12-13H2. The maximum absolute atomic E-state index is 13.4. The summed E-state index contributed by atoms with van der Waals surface area (Å²) in [6, 6.07) is 12.1. The Labute approximate surface area is 134 Å². The molecule has 0 radical (unpaired) electrons. The number of likely N-dealkylation sites (tertiary alicyclic amines) is 1. The maximum atomic E-state index is 13.4. The zero-order valence-corrected chi connectivity index (χ0v) is 13.3. The number of Topliss-reactive ketones (excluding diaryl/α,β-unsaturated/α-hetero) is 1. The van der Waals surface area contributed by atoms with E-state index in [1.54, 1.807) is 11.4 Å². The molecule has 0 spiro atoms. The van der Waals surface area contributed by atoms with E-state index in [9.17, 15) is 9.18 Å². The Morgan fingerprint density at radius 1 is 1.18 bits per heavy atom. The number of carbonyl (C=O) groups is 1.